The highest BCUT2D eigenvalue weighted by molar-refractivity contribution is 5.19. The van der Waals surface area contributed by atoms with E-state index in [4.69, 9.17) is 0 Å². The summed E-state index contributed by atoms with van der Waals surface area (Å²) in [5, 5.41) is 0. The largest absolute Gasteiger partial charge is 0.0625 e. The zero-order valence-corrected chi connectivity index (χ0v) is 34.8. The third-order valence-electron chi connectivity index (χ3n) is 21.6. The molecule has 0 aliphatic heterocycles. The van der Waals surface area contributed by atoms with Crippen LogP contribution in [0.4, 0.5) is 0 Å². The minimum absolute atomic E-state index is 0.757. The summed E-state index contributed by atoms with van der Waals surface area (Å²) in [5.41, 5.74) is 0.757. The highest BCUT2D eigenvalue weighted by atomic mass is 14.8. The minimum atomic E-state index is 0.757. The van der Waals surface area contributed by atoms with Crippen LogP contribution in [0.2, 0.25) is 0 Å². The van der Waals surface area contributed by atoms with E-state index in [1.807, 2.05) is 0 Å². The molecule has 0 N–H and O–H groups in total. The molecule has 294 valence electrons. The van der Waals surface area contributed by atoms with Crippen LogP contribution >= 0.6 is 0 Å². The third-order valence-corrected chi connectivity index (χ3v) is 21.6. The first-order valence-electron chi connectivity index (χ1n) is 25.6. The standard InChI is InChI=1S/C52H86/c1-34-21-27-45-49(29-34)52(47-19-11-9-17-43(47)44-18-10-12-20-48(44)52)50-30-35(2)22-28-46(50)51(45)39-25-23-38(24-26-39)42-32-40(36-13-5-3-6-14-36)31-41(33-42)37-15-7-4-8-16-37/h34-51H,3-33H2,1-2H3. The Morgan fingerprint density at radius 1 is 0.269 bits per heavy atom. The van der Waals surface area contributed by atoms with Gasteiger partial charge in [0.15, 0.2) is 0 Å². The fraction of sp³-hybridized carbons (Fsp3) is 1.00. The number of hydrogen-bond acceptors (Lipinski definition) is 0. The predicted molar refractivity (Wildman–Crippen MR) is 220 cm³/mol. The zero-order chi connectivity index (χ0) is 34.8. The first-order valence-corrected chi connectivity index (χ1v) is 25.6. The normalized spacial score (nSPS) is 53.4. The van der Waals surface area contributed by atoms with Gasteiger partial charge in [-0.3, -0.25) is 0 Å². The minimum Gasteiger partial charge on any atom is -0.0625 e. The van der Waals surface area contributed by atoms with Crippen LogP contribution in [-0.4, -0.2) is 0 Å². The monoisotopic (exact) mass is 711 g/mol. The van der Waals surface area contributed by atoms with E-state index in [1.165, 1.54) is 12.8 Å². The highest BCUT2D eigenvalue weighted by Gasteiger charge is 2.71. The van der Waals surface area contributed by atoms with Gasteiger partial charge in [0.1, 0.15) is 0 Å². The van der Waals surface area contributed by atoms with E-state index >= 15 is 0 Å². The van der Waals surface area contributed by atoms with E-state index < -0.39 is 0 Å². The molecular formula is C52H86. The molecule has 0 heteroatoms. The Morgan fingerprint density at radius 3 is 1.12 bits per heavy atom. The molecule has 0 heterocycles. The molecule has 0 radical (unpaired) electrons. The van der Waals surface area contributed by atoms with Gasteiger partial charge in [-0.2, -0.15) is 0 Å². The van der Waals surface area contributed by atoms with Crippen molar-refractivity contribution in [2.24, 2.45) is 112 Å². The molecule has 0 saturated heterocycles. The molecule has 10 rings (SSSR count). The first-order chi connectivity index (χ1) is 25.6. The van der Waals surface area contributed by atoms with E-state index in [0.29, 0.717) is 0 Å². The van der Waals surface area contributed by atoms with Gasteiger partial charge in [-0.1, -0.05) is 117 Å². The van der Waals surface area contributed by atoms with E-state index in [1.54, 1.807) is 186 Å². The number of rotatable bonds is 4. The van der Waals surface area contributed by atoms with E-state index in [2.05, 4.69) is 13.8 Å². The van der Waals surface area contributed by atoms with Gasteiger partial charge < -0.3 is 0 Å². The molecular weight excluding hydrogens is 625 g/mol. The number of fused-ring (bicyclic) bond motifs is 9. The quantitative estimate of drug-likeness (QED) is 0.272. The summed E-state index contributed by atoms with van der Waals surface area (Å²) in [7, 11) is 0. The lowest BCUT2D eigenvalue weighted by molar-refractivity contribution is -0.201. The molecule has 12 unspecified atom stereocenters. The van der Waals surface area contributed by atoms with Crippen molar-refractivity contribution in [3.63, 3.8) is 0 Å². The van der Waals surface area contributed by atoms with Crippen molar-refractivity contribution < 1.29 is 0 Å². The fourth-order valence-corrected chi connectivity index (χ4v) is 20.0. The summed E-state index contributed by atoms with van der Waals surface area (Å²) in [5.74, 6) is 19.8. The van der Waals surface area contributed by atoms with Crippen molar-refractivity contribution in [3.8, 4) is 0 Å². The summed E-state index contributed by atoms with van der Waals surface area (Å²) in [6.45, 7) is 5.44. The van der Waals surface area contributed by atoms with E-state index in [-0.39, 0.29) is 0 Å². The van der Waals surface area contributed by atoms with Crippen LogP contribution in [0.5, 0.6) is 0 Å². The lowest BCUT2D eigenvalue weighted by Crippen LogP contribution is -2.62. The van der Waals surface area contributed by atoms with Crippen molar-refractivity contribution in [1.82, 2.24) is 0 Å². The molecule has 0 bridgehead atoms. The Kier molecular flexibility index (Phi) is 10.8. The van der Waals surface area contributed by atoms with Gasteiger partial charge in [0.05, 0.1) is 0 Å². The van der Waals surface area contributed by atoms with Crippen molar-refractivity contribution in [2.45, 2.75) is 213 Å². The van der Waals surface area contributed by atoms with Gasteiger partial charge in [-0.25, -0.2) is 0 Å². The van der Waals surface area contributed by atoms with Gasteiger partial charge in [-0.05, 0) is 208 Å². The van der Waals surface area contributed by atoms with Crippen LogP contribution < -0.4 is 0 Å². The van der Waals surface area contributed by atoms with Crippen molar-refractivity contribution in [2.75, 3.05) is 0 Å². The van der Waals surface area contributed by atoms with Gasteiger partial charge >= 0.3 is 0 Å². The molecule has 10 aliphatic rings. The number of hydrogen-bond donors (Lipinski definition) is 0. The molecule has 0 nitrogen and oxygen atoms in total. The van der Waals surface area contributed by atoms with Gasteiger partial charge in [0.2, 0.25) is 0 Å². The SMILES string of the molecule is CC1CCC2C(C3CCC(C4CC(C5CCCCC5)CC(C5CCCCC5)C4)CC3)C3CCC(C)CC3C3(C4CCCCC4C4CCCCC43)C2C1. The van der Waals surface area contributed by atoms with Gasteiger partial charge in [0, 0.05) is 0 Å². The fourth-order valence-electron chi connectivity index (χ4n) is 20.0. The molecule has 10 saturated carbocycles. The van der Waals surface area contributed by atoms with Crippen molar-refractivity contribution in [1.29, 1.82) is 0 Å². The van der Waals surface area contributed by atoms with Gasteiger partial charge in [-0.15, -0.1) is 0 Å². The average Bonchev–Trinajstić information content (AvgIpc) is 3.50. The average molecular weight is 711 g/mol. The van der Waals surface area contributed by atoms with Crippen LogP contribution in [-0.2, 0) is 0 Å². The molecule has 1 spiro atoms. The highest BCUT2D eigenvalue weighted by Crippen LogP contribution is 2.77. The Bertz CT molecular complexity index is 1080. The second-order valence-electron chi connectivity index (χ2n) is 23.5. The Hall–Kier alpha value is 0. The van der Waals surface area contributed by atoms with Crippen molar-refractivity contribution in [3.05, 3.63) is 0 Å². The Morgan fingerprint density at radius 2 is 0.654 bits per heavy atom. The van der Waals surface area contributed by atoms with E-state index in [0.717, 1.165) is 112 Å². The third kappa shape index (κ3) is 6.30. The summed E-state index contributed by atoms with van der Waals surface area (Å²) >= 11 is 0. The maximum atomic E-state index is 2.72. The summed E-state index contributed by atoms with van der Waals surface area (Å²) < 4.78 is 0. The molecule has 10 fully saturated rings. The summed E-state index contributed by atoms with van der Waals surface area (Å²) in [6.07, 6.45) is 49.8. The van der Waals surface area contributed by atoms with Crippen LogP contribution in [0.3, 0.4) is 0 Å². The molecule has 0 aromatic carbocycles. The van der Waals surface area contributed by atoms with Crippen LogP contribution in [0.25, 0.3) is 0 Å². The molecule has 0 aromatic rings. The van der Waals surface area contributed by atoms with Crippen LogP contribution in [0, 0.1) is 112 Å². The Balaban J connectivity index is 0.916. The molecule has 12 atom stereocenters. The smallest absolute Gasteiger partial charge is 0.0173 e. The maximum Gasteiger partial charge on any atom is -0.0173 e. The first kappa shape index (κ1) is 36.3. The Labute approximate surface area is 323 Å². The van der Waals surface area contributed by atoms with E-state index in [9.17, 15) is 0 Å². The molecule has 10 aliphatic carbocycles. The molecule has 0 amide bonds. The lowest BCUT2D eigenvalue weighted by atomic mass is 9.36. The summed E-state index contributed by atoms with van der Waals surface area (Å²) in [4.78, 5) is 0. The predicted octanol–water partition coefficient (Wildman–Crippen LogP) is 15.3. The molecule has 52 heavy (non-hydrogen) atoms. The lowest BCUT2D eigenvalue weighted by Gasteiger charge is -2.68. The summed E-state index contributed by atoms with van der Waals surface area (Å²) in [6, 6.07) is 0. The topological polar surface area (TPSA) is 0 Å². The van der Waals surface area contributed by atoms with Crippen LogP contribution in [0.15, 0.2) is 0 Å². The van der Waals surface area contributed by atoms with Gasteiger partial charge in [0.25, 0.3) is 0 Å². The second kappa shape index (κ2) is 15.4. The second-order valence-corrected chi connectivity index (χ2v) is 23.5. The molecule has 0 aromatic heterocycles. The zero-order valence-electron chi connectivity index (χ0n) is 34.8. The van der Waals surface area contributed by atoms with Crippen LogP contribution in [0.1, 0.15) is 213 Å². The maximum absolute atomic E-state index is 2.72. The van der Waals surface area contributed by atoms with Crippen molar-refractivity contribution >= 4 is 0 Å².